The molecule has 2 aromatic carbocycles. The van der Waals surface area contributed by atoms with Crippen LogP contribution in [0.2, 0.25) is 0 Å². The minimum Gasteiger partial charge on any atom is -0.326 e. The number of aromatic nitrogens is 3. The second kappa shape index (κ2) is 8.46. The van der Waals surface area contributed by atoms with E-state index < -0.39 is 0 Å². The van der Waals surface area contributed by atoms with E-state index in [0.29, 0.717) is 5.65 Å². The van der Waals surface area contributed by atoms with Crippen LogP contribution in [0.25, 0.3) is 16.7 Å². The molecule has 0 aliphatic rings. The third-order valence-electron chi connectivity index (χ3n) is 5.80. The van der Waals surface area contributed by atoms with Crippen molar-refractivity contribution in [3.63, 3.8) is 0 Å². The molecule has 32 heavy (non-hydrogen) atoms. The number of carbonyl (C=O) groups is 1. The Bertz CT molecular complexity index is 1360. The number of amides is 1. The molecule has 0 aliphatic carbocycles. The smallest absolute Gasteiger partial charge is 0.252 e. The van der Waals surface area contributed by atoms with Gasteiger partial charge in [0.05, 0.1) is 11.4 Å². The molecule has 4 aromatic rings. The number of carbonyl (C=O) groups excluding carboxylic acids is 1. The van der Waals surface area contributed by atoms with Crippen LogP contribution in [0.3, 0.4) is 0 Å². The number of nitrogens with zero attached hydrogens (tertiary/aromatic N) is 3. The third kappa shape index (κ3) is 3.96. The number of benzene rings is 2. The first-order valence-electron chi connectivity index (χ1n) is 10.8. The molecule has 4 rings (SSSR count). The van der Waals surface area contributed by atoms with Gasteiger partial charge in [0.1, 0.15) is 5.65 Å². The van der Waals surface area contributed by atoms with E-state index >= 15 is 0 Å². The summed E-state index contributed by atoms with van der Waals surface area (Å²) in [5.41, 5.74) is 7.26. The number of aryl methyl sites for hydroxylation is 6. The first kappa shape index (κ1) is 21.6. The second-order valence-corrected chi connectivity index (χ2v) is 8.42. The highest BCUT2D eigenvalue weighted by atomic mass is 16.2. The lowest BCUT2D eigenvalue weighted by molar-refractivity contribution is -0.116. The molecule has 6 nitrogen and oxygen atoms in total. The SMILES string of the molecule is Cc1cc(C)c(NC(=O)CCn2c(=O)cc(C)c3c(C)nn(-c4ccccc4)c32)c(C)c1. The Balaban J connectivity index is 1.69. The highest BCUT2D eigenvalue weighted by Crippen LogP contribution is 2.25. The zero-order valence-corrected chi connectivity index (χ0v) is 19.2. The first-order valence-corrected chi connectivity index (χ1v) is 10.8. The van der Waals surface area contributed by atoms with Crippen molar-refractivity contribution in [2.45, 2.75) is 47.6 Å². The Labute approximate surface area is 187 Å². The van der Waals surface area contributed by atoms with E-state index in [0.717, 1.165) is 44.7 Å². The Morgan fingerprint density at radius 2 is 1.59 bits per heavy atom. The van der Waals surface area contributed by atoms with E-state index in [1.165, 1.54) is 0 Å². The van der Waals surface area contributed by atoms with E-state index in [4.69, 9.17) is 5.10 Å². The lowest BCUT2D eigenvalue weighted by atomic mass is 10.1. The average Bonchev–Trinajstić information content (AvgIpc) is 3.08. The van der Waals surface area contributed by atoms with Crippen LogP contribution in [0.5, 0.6) is 0 Å². The third-order valence-corrected chi connectivity index (χ3v) is 5.80. The van der Waals surface area contributed by atoms with Crippen molar-refractivity contribution in [2.75, 3.05) is 5.32 Å². The van der Waals surface area contributed by atoms with Gasteiger partial charge < -0.3 is 5.32 Å². The summed E-state index contributed by atoms with van der Waals surface area (Å²) in [5, 5.41) is 8.68. The van der Waals surface area contributed by atoms with Gasteiger partial charge >= 0.3 is 0 Å². The van der Waals surface area contributed by atoms with Crippen LogP contribution in [-0.2, 0) is 11.3 Å². The fourth-order valence-electron chi connectivity index (χ4n) is 4.42. The highest BCUT2D eigenvalue weighted by Gasteiger charge is 2.18. The predicted molar refractivity (Wildman–Crippen MR) is 129 cm³/mol. The van der Waals surface area contributed by atoms with Crippen LogP contribution in [0.4, 0.5) is 5.69 Å². The van der Waals surface area contributed by atoms with E-state index in [9.17, 15) is 9.59 Å². The Kier molecular flexibility index (Phi) is 5.70. The normalized spacial score (nSPS) is 11.2. The predicted octanol–water partition coefficient (Wildman–Crippen LogP) is 4.76. The topological polar surface area (TPSA) is 68.9 Å². The average molecular weight is 429 g/mol. The maximum Gasteiger partial charge on any atom is 0.252 e. The zero-order chi connectivity index (χ0) is 23.0. The van der Waals surface area contributed by atoms with Gasteiger partial charge in [0, 0.05) is 30.1 Å². The largest absolute Gasteiger partial charge is 0.326 e. The van der Waals surface area contributed by atoms with Crippen LogP contribution < -0.4 is 10.9 Å². The maximum absolute atomic E-state index is 13.0. The number of hydrogen-bond donors (Lipinski definition) is 1. The van der Waals surface area contributed by atoms with E-state index in [1.807, 2.05) is 65.0 Å². The zero-order valence-electron chi connectivity index (χ0n) is 19.2. The molecule has 0 bridgehead atoms. The van der Waals surface area contributed by atoms with Gasteiger partial charge in [-0.05, 0) is 63.4 Å². The molecule has 0 saturated heterocycles. The van der Waals surface area contributed by atoms with Gasteiger partial charge in [-0.3, -0.25) is 14.2 Å². The summed E-state index contributed by atoms with van der Waals surface area (Å²) in [6.45, 7) is 10.2. The first-order chi connectivity index (χ1) is 15.3. The van der Waals surface area contributed by atoms with E-state index in [-0.39, 0.29) is 24.4 Å². The molecule has 2 aromatic heterocycles. The Hall–Kier alpha value is -3.67. The summed E-state index contributed by atoms with van der Waals surface area (Å²) in [7, 11) is 0. The van der Waals surface area contributed by atoms with Gasteiger partial charge in [-0.1, -0.05) is 35.9 Å². The maximum atomic E-state index is 13.0. The molecule has 1 N–H and O–H groups in total. The highest BCUT2D eigenvalue weighted by molar-refractivity contribution is 5.92. The van der Waals surface area contributed by atoms with Crippen molar-refractivity contribution in [1.29, 1.82) is 0 Å². The number of hydrogen-bond acceptors (Lipinski definition) is 3. The van der Waals surface area contributed by atoms with Gasteiger partial charge in [0.25, 0.3) is 5.56 Å². The van der Waals surface area contributed by atoms with Crippen LogP contribution in [0, 0.1) is 34.6 Å². The summed E-state index contributed by atoms with van der Waals surface area (Å²) in [4.78, 5) is 25.8. The van der Waals surface area contributed by atoms with Crippen molar-refractivity contribution < 1.29 is 4.79 Å². The molecule has 0 atom stereocenters. The lowest BCUT2D eigenvalue weighted by Crippen LogP contribution is -2.25. The molecule has 0 radical (unpaired) electrons. The molecule has 0 aliphatic heterocycles. The van der Waals surface area contributed by atoms with Gasteiger partial charge in [-0.25, -0.2) is 4.68 Å². The van der Waals surface area contributed by atoms with Crippen LogP contribution in [0.1, 0.15) is 34.4 Å². The Morgan fingerprint density at radius 1 is 0.938 bits per heavy atom. The summed E-state index contributed by atoms with van der Waals surface area (Å²) in [5.74, 6) is -0.122. The van der Waals surface area contributed by atoms with E-state index in [1.54, 1.807) is 15.3 Å². The van der Waals surface area contributed by atoms with Crippen LogP contribution >= 0.6 is 0 Å². The molecular formula is C26H28N4O2. The molecule has 6 heteroatoms. The van der Waals surface area contributed by atoms with Crippen molar-refractivity contribution in [2.24, 2.45) is 0 Å². The quantitative estimate of drug-likeness (QED) is 0.498. The summed E-state index contributed by atoms with van der Waals surface area (Å²) < 4.78 is 3.45. The number of fused-ring (bicyclic) bond motifs is 1. The number of anilines is 1. The fourth-order valence-corrected chi connectivity index (χ4v) is 4.42. The lowest BCUT2D eigenvalue weighted by Gasteiger charge is -2.14. The van der Waals surface area contributed by atoms with Crippen molar-refractivity contribution in [1.82, 2.24) is 14.3 Å². The standard InChI is InChI=1S/C26H28N4O2/c1-16-13-18(3)25(19(4)14-16)27-22(31)11-12-29-23(32)15-17(2)24-20(5)28-30(26(24)29)21-9-7-6-8-10-21/h6-10,13-15H,11-12H2,1-5H3,(H,27,31). The van der Waals surface area contributed by atoms with Crippen molar-refractivity contribution in [3.8, 4) is 5.69 Å². The van der Waals surface area contributed by atoms with Gasteiger partial charge in [-0.15, -0.1) is 0 Å². The number of rotatable bonds is 5. The summed E-state index contributed by atoms with van der Waals surface area (Å²) in [6, 6.07) is 15.5. The van der Waals surface area contributed by atoms with Gasteiger partial charge in [0.2, 0.25) is 5.91 Å². The molecule has 0 saturated carbocycles. The monoisotopic (exact) mass is 428 g/mol. The minimum atomic E-state index is -0.137. The van der Waals surface area contributed by atoms with Gasteiger partial charge in [-0.2, -0.15) is 5.10 Å². The molecule has 0 unspecified atom stereocenters. The molecule has 0 fully saturated rings. The van der Waals surface area contributed by atoms with Gasteiger partial charge in [0.15, 0.2) is 0 Å². The molecular weight excluding hydrogens is 400 g/mol. The molecule has 0 spiro atoms. The fraction of sp³-hybridized carbons (Fsp3) is 0.269. The number of nitrogens with one attached hydrogen (secondary N) is 1. The Morgan fingerprint density at radius 3 is 2.25 bits per heavy atom. The molecule has 164 valence electrons. The number of para-hydroxylation sites is 1. The summed E-state index contributed by atoms with van der Waals surface area (Å²) >= 11 is 0. The van der Waals surface area contributed by atoms with E-state index in [2.05, 4.69) is 17.4 Å². The van der Waals surface area contributed by atoms with Crippen LogP contribution in [0.15, 0.2) is 53.3 Å². The van der Waals surface area contributed by atoms with Crippen molar-refractivity contribution in [3.05, 3.63) is 86.8 Å². The molecule has 2 heterocycles. The summed E-state index contributed by atoms with van der Waals surface area (Å²) in [6.07, 6.45) is 0.184. The minimum absolute atomic E-state index is 0.122. The van der Waals surface area contributed by atoms with Crippen molar-refractivity contribution >= 4 is 22.6 Å². The number of pyridine rings is 1. The molecule has 1 amide bonds. The van der Waals surface area contributed by atoms with Crippen LogP contribution in [-0.4, -0.2) is 20.3 Å². The second-order valence-electron chi connectivity index (χ2n) is 8.42.